The lowest BCUT2D eigenvalue weighted by Crippen LogP contribution is -2.38. The number of piperidine rings is 1. The minimum atomic E-state index is -0.194. The van der Waals surface area contributed by atoms with Gasteiger partial charge in [0, 0.05) is 39.7 Å². The number of hydrogen-bond acceptors (Lipinski definition) is 6. The van der Waals surface area contributed by atoms with Crippen LogP contribution in [0, 0.1) is 12.8 Å². The fourth-order valence-corrected chi connectivity index (χ4v) is 5.43. The lowest BCUT2D eigenvalue weighted by Gasteiger charge is -2.30. The average Bonchev–Trinajstić information content (AvgIpc) is 3.24. The first-order chi connectivity index (χ1) is 16.0. The van der Waals surface area contributed by atoms with Crippen LogP contribution in [0.2, 0.25) is 0 Å². The highest BCUT2D eigenvalue weighted by Crippen LogP contribution is 2.24. The standard InChI is InChI=1S/C25H28N4O2S2/c1-17-27-22(15-32-17)16-33-23-7-5-20(6-8-23)25(31)28-21-4-2-3-18(13-21)14-29-11-9-19(10-12-29)24(26)30/h2-8,13,15,19H,9-12,14,16H2,1H3,(H2,26,30)(H,28,31). The van der Waals surface area contributed by atoms with E-state index in [0.717, 1.165) is 65.1 Å². The fourth-order valence-electron chi connectivity index (χ4n) is 3.92. The Labute approximate surface area is 202 Å². The van der Waals surface area contributed by atoms with Crippen LogP contribution in [0.15, 0.2) is 58.8 Å². The highest BCUT2D eigenvalue weighted by atomic mass is 32.2. The number of aromatic nitrogens is 1. The van der Waals surface area contributed by atoms with Gasteiger partial charge in [0.2, 0.25) is 5.91 Å². The molecule has 2 aromatic carbocycles. The molecular formula is C25H28N4O2S2. The fraction of sp³-hybridized carbons (Fsp3) is 0.320. The number of primary amides is 1. The van der Waals surface area contributed by atoms with Crippen LogP contribution < -0.4 is 11.1 Å². The molecular weight excluding hydrogens is 452 g/mol. The summed E-state index contributed by atoms with van der Waals surface area (Å²) in [6.45, 7) is 4.52. The van der Waals surface area contributed by atoms with Gasteiger partial charge >= 0.3 is 0 Å². The highest BCUT2D eigenvalue weighted by molar-refractivity contribution is 7.98. The molecule has 0 radical (unpaired) electrons. The summed E-state index contributed by atoms with van der Waals surface area (Å²) < 4.78 is 0. The van der Waals surface area contributed by atoms with E-state index in [1.807, 2.05) is 49.4 Å². The molecule has 1 aliphatic heterocycles. The predicted octanol–water partition coefficient (Wildman–Crippen LogP) is 4.69. The quantitative estimate of drug-likeness (QED) is 0.457. The molecule has 0 bridgehead atoms. The van der Waals surface area contributed by atoms with Crippen LogP contribution in [-0.4, -0.2) is 34.8 Å². The van der Waals surface area contributed by atoms with Gasteiger partial charge in [-0.2, -0.15) is 0 Å². The lowest BCUT2D eigenvalue weighted by atomic mass is 9.96. The summed E-state index contributed by atoms with van der Waals surface area (Å²) in [5, 5.41) is 6.17. The zero-order valence-corrected chi connectivity index (χ0v) is 20.3. The number of rotatable bonds is 8. The molecule has 2 heterocycles. The number of hydrogen-bond donors (Lipinski definition) is 2. The molecule has 0 unspecified atom stereocenters. The maximum atomic E-state index is 12.7. The van der Waals surface area contributed by atoms with Crippen molar-refractivity contribution in [2.24, 2.45) is 11.7 Å². The number of nitrogens with one attached hydrogen (secondary N) is 1. The van der Waals surface area contributed by atoms with Crippen molar-refractivity contribution in [2.75, 3.05) is 18.4 Å². The van der Waals surface area contributed by atoms with Gasteiger partial charge < -0.3 is 11.1 Å². The molecule has 4 rings (SSSR count). The number of thiazole rings is 1. The Balaban J connectivity index is 1.29. The van der Waals surface area contributed by atoms with Crippen molar-refractivity contribution < 1.29 is 9.59 Å². The molecule has 0 aliphatic carbocycles. The van der Waals surface area contributed by atoms with E-state index in [-0.39, 0.29) is 17.7 Å². The molecule has 1 saturated heterocycles. The molecule has 2 amide bonds. The van der Waals surface area contributed by atoms with Crippen LogP contribution in [0.1, 0.15) is 39.5 Å². The van der Waals surface area contributed by atoms with E-state index < -0.39 is 0 Å². The molecule has 3 aromatic rings. The predicted molar refractivity (Wildman–Crippen MR) is 134 cm³/mol. The number of likely N-dealkylation sites (tertiary alicyclic amines) is 1. The zero-order chi connectivity index (χ0) is 23.2. The van der Waals surface area contributed by atoms with E-state index in [4.69, 9.17) is 5.73 Å². The number of nitrogens with two attached hydrogens (primary N) is 1. The Morgan fingerprint density at radius 2 is 1.94 bits per heavy atom. The monoisotopic (exact) mass is 480 g/mol. The third kappa shape index (κ3) is 6.66. The van der Waals surface area contributed by atoms with Crippen LogP contribution in [0.5, 0.6) is 0 Å². The van der Waals surface area contributed by atoms with Crippen LogP contribution in [0.25, 0.3) is 0 Å². The number of nitrogens with zero attached hydrogens (tertiary/aromatic N) is 2. The minimum Gasteiger partial charge on any atom is -0.369 e. The summed E-state index contributed by atoms with van der Waals surface area (Å²) in [5.41, 5.74) is 9.05. The van der Waals surface area contributed by atoms with Crippen molar-refractivity contribution >= 4 is 40.6 Å². The molecule has 0 saturated carbocycles. The van der Waals surface area contributed by atoms with E-state index in [2.05, 4.69) is 26.6 Å². The average molecular weight is 481 g/mol. The number of benzene rings is 2. The summed E-state index contributed by atoms with van der Waals surface area (Å²) in [6.07, 6.45) is 1.62. The Bertz CT molecular complexity index is 1110. The van der Waals surface area contributed by atoms with Gasteiger partial charge in [0.1, 0.15) is 0 Å². The smallest absolute Gasteiger partial charge is 0.255 e. The van der Waals surface area contributed by atoms with Crippen LogP contribution in [0.4, 0.5) is 5.69 Å². The van der Waals surface area contributed by atoms with Gasteiger partial charge in [0.25, 0.3) is 5.91 Å². The van der Waals surface area contributed by atoms with Crippen LogP contribution in [-0.2, 0) is 17.1 Å². The second kappa shape index (κ2) is 11.0. The Hall–Kier alpha value is -2.68. The molecule has 3 N–H and O–H groups in total. The summed E-state index contributed by atoms with van der Waals surface area (Å²) in [4.78, 5) is 32.0. The van der Waals surface area contributed by atoms with Gasteiger partial charge in [-0.3, -0.25) is 14.5 Å². The normalized spacial score (nSPS) is 14.8. The summed E-state index contributed by atoms with van der Waals surface area (Å²) in [5.74, 6) is 0.498. The molecule has 172 valence electrons. The van der Waals surface area contributed by atoms with E-state index in [0.29, 0.717) is 5.56 Å². The van der Waals surface area contributed by atoms with Gasteiger partial charge in [-0.15, -0.1) is 23.1 Å². The molecule has 1 aromatic heterocycles. The number of carbonyl (C=O) groups is 2. The molecule has 8 heteroatoms. The maximum absolute atomic E-state index is 12.7. The van der Waals surface area contributed by atoms with E-state index in [1.54, 1.807) is 23.1 Å². The van der Waals surface area contributed by atoms with Crippen molar-refractivity contribution in [2.45, 2.75) is 37.0 Å². The van der Waals surface area contributed by atoms with Crippen molar-refractivity contribution in [3.8, 4) is 0 Å². The van der Waals surface area contributed by atoms with Crippen molar-refractivity contribution in [3.63, 3.8) is 0 Å². The minimum absolute atomic E-state index is 0.00633. The Morgan fingerprint density at radius 1 is 1.18 bits per heavy atom. The van der Waals surface area contributed by atoms with Crippen molar-refractivity contribution in [1.82, 2.24) is 9.88 Å². The lowest BCUT2D eigenvalue weighted by molar-refractivity contribution is -0.123. The summed E-state index contributed by atoms with van der Waals surface area (Å²) in [6, 6.07) is 15.6. The number of aryl methyl sites for hydroxylation is 1. The van der Waals surface area contributed by atoms with Gasteiger partial charge in [0.15, 0.2) is 0 Å². The van der Waals surface area contributed by atoms with Crippen LogP contribution in [0.3, 0.4) is 0 Å². The number of anilines is 1. The first-order valence-corrected chi connectivity index (χ1v) is 12.9. The molecule has 6 nitrogen and oxygen atoms in total. The third-order valence-corrected chi connectivity index (χ3v) is 7.62. The number of thioether (sulfide) groups is 1. The first-order valence-electron chi connectivity index (χ1n) is 11.0. The molecule has 0 spiro atoms. The third-order valence-electron chi connectivity index (χ3n) is 5.75. The molecule has 1 fully saturated rings. The van der Waals surface area contributed by atoms with Crippen molar-refractivity contribution in [3.05, 3.63) is 75.7 Å². The molecule has 0 atom stereocenters. The van der Waals surface area contributed by atoms with Gasteiger partial charge in [-0.1, -0.05) is 12.1 Å². The maximum Gasteiger partial charge on any atom is 0.255 e. The van der Waals surface area contributed by atoms with Crippen LogP contribution >= 0.6 is 23.1 Å². The summed E-state index contributed by atoms with van der Waals surface area (Å²) >= 11 is 3.37. The zero-order valence-electron chi connectivity index (χ0n) is 18.6. The summed E-state index contributed by atoms with van der Waals surface area (Å²) in [7, 11) is 0. The number of amides is 2. The van der Waals surface area contributed by atoms with Gasteiger partial charge in [-0.25, -0.2) is 4.98 Å². The first kappa shape index (κ1) is 23.5. The molecule has 33 heavy (non-hydrogen) atoms. The van der Waals surface area contributed by atoms with Gasteiger partial charge in [0.05, 0.1) is 10.7 Å². The Morgan fingerprint density at radius 3 is 2.61 bits per heavy atom. The van der Waals surface area contributed by atoms with Gasteiger partial charge in [-0.05, 0) is 74.8 Å². The second-order valence-corrected chi connectivity index (χ2v) is 10.4. The second-order valence-electron chi connectivity index (χ2n) is 8.28. The SMILES string of the molecule is Cc1nc(CSc2ccc(C(=O)Nc3cccc(CN4CCC(C(N)=O)CC4)c3)cc2)cs1. The molecule has 1 aliphatic rings. The highest BCUT2D eigenvalue weighted by Gasteiger charge is 2.23. The topological polar surface area (TPSA) is 88.3 Å². The number of carbonyl (C=O) groups excluding carboxylic acids is 2. The van der Waals surface area contributed by atoms with E-state index in [1.165, 1.54) is 0 Å². The van der Waals surface area contributed by atoms with Crippen molar-refractivity contribution in [1.29, 1.82) is 0 Å². The van der Waals surface area contributed by atoms with E-state index >= 15 is 0 Å². The Kier molecular flexibility index (Phi) is 7.80. The largest absolute Gasteiger partial charge is 0.369 e. The van der Waals surface area contributed by atoms with E-state index in [9.17, 15) is 9.59 Å².